The normalized spacial score (nSPS) is 11.5. The van der Waals surface area contributed by atoms with Gasteiger partial charge in [-0.05, 0) is 50.2 Å². The number of hydrogen-bond acceptors (Lipinski definition) is 14. The van der Waals surface area contributed by atoms with Crippen LogP contribution in [0.5, 0.6) is 11.5 Å². The largest absolute Gasteiger partial charge is 0.511 e. The molecule has 52 heavy (non-hydrogen) atoms. The van der Waals surface area contributed by atoms with Crippen molar-refractivity contribution in [2.45, 2.75) is 40.3 Å². The summed E-state index contributed by atoms with van der Waals surface area (Å²) in [6, 6.07) is 23.5. The van der Waals surface area contributed by atoms with E-state index in [4.69, 9.17) is 38.2 Å². The maximum atomic E-state index is 13.7. The molecule has 0 bridgehead atoms. The van der Waals surface area contributed by atoms with Crippen molar-refractivity contribution < 1.29 is 67.0 Å². The van der Waals surface area contributed by atoms with E-state index in [2.05, 4.69) is 0 Å². The van der Waals surface area contributed by atoms with Gasteiger partial charge in [-0.1, -0.05) is 60.7 Å². The third kappa shape index (κ3) is 9.94. The Morgan fingerprint density at radius 1 is 0.462 bits per heavy atom. The Kier molecular flexibility index (Phi) is 13.4. The molecule has 2 unspecified atom stereocenters. The fraction of sp³-hybridized carbons (Fsp3) is 0.211. The summed E-state index contributed by atoms with van der Waals surface area (Å²) >= 11 is 0. The summed E-state index contributed by atoms with van der Waals surface area (Å²) in [7, 11) is 0. The fourth-order valence-electron chi connectivity index (χ4n) is 4.67. The van der Waals surface area contributed by atoms with Gasteiger partial charge in [-0.3, -0.25) is 9.59 Å². The highest BCUT2D eigenvalue weighted by Gasteiger charge is 2.27. The molecule has 0 aliphatic rings. The zero-order valence-corrected chi connectivity index (χ0v) is 28.5. The van der Waals surface area contributed by atoms with E-state index >= 15 is 0 Å². The second-order valence-electron chi connectivity index (χ2n) is 10.5. The average Bonchev–Trinajstić information content (AvgIpc) is 3.13. The molecule has 14 heteroatoms. The van der Waals surface area contributed by atoms with Crippen LogP contribution < -0.4 is 9.47 Å². The van der Waals surface area contributed by atoms with Gasteiger partial charge in [-0.2, -0.15) is 0 Å². The minimum absolute atomic E-state index is 0.0256. The van der Waals surface area contributed by atoms with Gasteiger partial charge < -0.3 is 28.4 Å². The Morgan fingerprint density at radius 3 is 1.12 bits per heavy atom. The monoisotopic (exact) mass is 714 g/mol. The number of hydrogen-bond donors (Lipinski definition) is 0. The van der Waals surface area contributed by atoms with Gasteiger partial charge in [-0.15, -0.1) is 0 Å². The van der Waals surface area contributed by atoms with E-state index in [1.165, 1.54) is 86.6 Å². The lowest BCUT2D eigenvalue weighted by Crippen LogP contribution is -2.23. The number of para-hydroxylation sites is 2. The van der Waals surface area contributed by atoms with E-state index in [-0.39, 0.29) is 58.1 Å². The Morgan fingerprint density at radius 2 is 0.769 bits per heavy atom. The number of rotatable bonds is 14. The third-order valence-electron chi connectivity index (χ3n) is 6.87. The van der Waals surface area contributed by atoms with Gasteiger partial charge >= 0.3 is 24.2 Å². The molecule has 0 aliphatic heterocycles. The lowest BCUT2D eigenvalue weighted by molar-refractivity contribution is -0.187. The molecule has 0 saturated heterocycles. The quantitative estimate of drug-likeness (QED) is 0.0434. The summed E-state index contributed by atoms with van der Waals surface area (Å²) in [5, 5.41) is 0. The minimum Gasteiger partial charge on any atom is -0.454 e. The molecule has 0 N–H and O–H groups in total. The fourth-order valence-corrected chi connectivity index (χ4v) is 4.67. The molecule has 14 nitrogen and oxygen atoms in total. The van der Waals surface area contributed by atoms with Crippen LogP contribution in [-0.4, -0.2) is 61.6 Å². The molecule has 0 radical (unpaired) electrons. The molecule has 0 aliphatic carbocycles. The van der Waals surface area contributed by atoms with Gasteiger partial charge in [0.15, 0.2) is 11.6 Å². The van der Waals surface area contributed by atoms with Crippen LogP contribution in [0.25, 0.3) is 0 Å². The van der Waals surface area contributed by atoms with Gasteiger partial charge in [0.1, 0.15) is 11.5 Å². The van der Waals surface area contributed by atoms with Crippen LogP contribution in [0.15, 0.2) is 97.1 Å². The Labute approximate surface area is 298 Å². The Hall–Kier alpha value is -6.70. The van der Waals surface area contributed by atoms with E-state index < -0.39 is 48.4 Å². The predicted octanol–water partition coefficient (Wildman–Crippen LogP) is 6.87. The van der Waals surface area contributed by atoms with Crippen LogP contribution in [0.4, 0.5) is 9.59 Å². The topological polar surface area (TPSA) is 176 Å². The van der Waals surface area contributed by atoms with Crippen LogP contribution in [-0.2, 0) is 28.7 Å². The molecule has 4 rings (SSSR count). The first-order chi connectivity index (χ1) is 25.0. The van der Waals surface area contributed by atoms with E-state index in [1.54, 1.807) is 38.1 Å². The first-order valence-corrected chi connectivity index (χ1v) is 15.9. The standard InChI is InChI=1S/C38H34O14/c1-5-45-37(43)49-23(3)47-31-21-13-11-19-29(31)33(39)25-15-7-9-17-27(25)35(41)51-52-36(42)28-18-10-8-16-26(28)34(40)30-20-12-14-22-32(30)48-24(4)50-38(44)46-6-2/h7-24H,5-6H2,1-4H3. The first-order valence-electron chi connectivity index (χ1n) is 15.9. The summed E-state index contributed by atoms with van der Waals surface area (Å²) in [5.41, 5.74) is -0.685. The number of ether oxygens (including phenoxy) is 6. The van der Waals surface area contributed by atoms with Gasteiger partial charge in [-0.25, -0.2) is 29.0 Å². The van der Waals surface area contributed by atoms with Gasteiger partial charge in [0.2, 0.25) is 12.6 Å². The highest BCUT2D eigenvalue weighted by molar-refractivity contribution is 6.17. The number of carbonyl (C=O) groups is 6. The molecule has 0 amide bonds. The van der Waals surface area contributed by atoms with Crippen LogP contribution in [0.3, 0.4) is 0 Å². The number of ketones is 2. The average molecular weight is 715 g/mol. The van der Waals surface area contributed by atoms with Crippen molar-refractivity contribution in [2.75, 3.05) is 13.2 Å². The summed E-state index contributed by atoms with van der Waals surface area (Å²) in [6.45, 7) is 6.26. The zero-order valence-electron chi connectivity index (χ0n) is 28.5. The van der Waals surface area contributed by atoms with Crippen molar-refractivity contribution in [3.8, 4) is 11.5 Å². The van der Waals surface area contributed by atoms with E-state index in [1.807, 2.05) is 0 Å². The van der Waals surface area contributed by atoms with Crippen molar-refractivity contribution in [1.82, 2.24) is 0 Å². The molecule has 0 heterocycles. The van der Waals surface area contributed by atoms with Crippen molar-refractivity contribution in [3.63, 3.8) is 0 Å². The Balaban J connectivity index is 1.50. The second-order valence-corrected chi connectivity index (χ2v) is 10.5. The molecule has 0 spiro atoms. The van der Waals surface area contributed by atoms with E-state index in [0.29, 0.717) is 0 Å². The minimum atomic E-state index is -1.19. The SMILES string of the molecule is CCOC(=O)OC(C)Oc1ccccc1C(=O)c1ccccc1C(=O)OOC(=O)c1ccccc1C(=O)c1ccccc1OC(C)OC(=O)OCC. The number of carbonyl (C=O) groups excluding carboxylic acids is 6. The maximum Gasteiger partial charge on any atom is 0.511 e. The molecular formula is C38H34O14. The number of benzene rings is 4. The first kappa shape index (κ1) is 38.1. The van der Waals surface area contributed by atoms with Crippen molar-refractivity contribution in [1.29, 1.82) is 0 Å². The lowest BCUT2D eigenvalue weighted by atomic mass is 9.97. The second kappa shape index (κ2) is 18.3. The molecule has 2 atom stereocenters. The van der Waals surface area contributed by atoms with Crippen molar-refractivity contribution >= 4 is 35.8 Å². The Bertz CT molecular complexity index is 1800. The zero-order chi connectivity index (χ0) is 37.6. The molecule has 4 aromatic rings. The highest BCUT2D eigenvalue weighted by atomic mass is 17.2. The summed E-state index contributed by atoms with van der Waals surface area (Å²) in [4.78, 5) is 86.9. The van der Waals surface area contributed by atoms with E-state index in [0.717, 1.165) is 0 Å². The van der Waals surface area contributed by atoms with Gasteiger partial charge in [0, 0.05) is 25.0 Å². The molecule has 0 aromatic heterocycles. The smallest absolute Gasteiger partial charge is 0.454 e. The molecule has 4 aromatic carbocycles. The van der Waals surface area contributed by atoms with E-state index in [9.17, 15) is 28.8 Å². The van der Waals surface area contributed by atoms with Gasteiger partial charge in [0.25, 0.3) is 0 Å². The third-order valence-corrected chi connectivity index (χ3v) is 6.87. The summed E-state index contributed by atoms with van der Waals surface area (Å²) < 4.78 is 30.8. The van der Waals surface area contributed by atoms with Crippen LogP contribution >= 0.6 is 0 Å². The van der Waals surface area contributed by atoms with Crippen molar-refractivity contribution in [3.05, 3.63) is 130 Å². The molecular weight excluding hydrogens is 680 g/mol. The van der Waals surface area contributed by atoms with Crippen LogP contribution in [0, 0.1) is 0 Å². The summed E-state index contributed by atoms with van der Waals surface area (Å²) in [5.74, 6) is -3.59. The predicted molar refractivity (Wildman–Crippen MR) is 180 cm³/mol. The lowest BCUT2D eigenvalue weighted by Gasteiger charge is -2.17. The highest BCUT2D eigenvalue weighted by Crippen LogP contribution is 2.27. The van der Waals surface area contributed by atoms with Crippen molar-refractivity contribution in [2.24, 2.45) is 0 Å². The molecule has 0 fully saturated rings. The molecule has 0 saturated carbocycles. The van der Waals surface area contributed by atoms with Gasteiger partial charge in [0.05, 0.1) is 35.5 Å². The molecule has 270 valence electrons. The maximum absolute atomic E-state index is 13.7. The summed E-state index contributed by atoms with van der Waals surface area (Å²) in [6.07, 6.45) is -4.17. The van der Waals surface area contributed by atoms with Crippen LogP contribution in [0.2, 0.25) is 0 Å². The van der Waals surface area contributed by atoms with Crippen LogP contribution in [0.1, 0.15) is 80.3 Å².